The molecule has 1 aromatic heterocycles. The Balaban J connectivity index is 2.75. The topological polar surface area (TPSA) is 71.7 Å². The normalized spacial score (nSPS) is 13.7. The van der Waals surface area contributed by atoms with E-state index in [1.54, 1.807) is 6.07 Å². The van der Waals surface area contributed by atoms with E-state index in [-0.39, 0.29) is 16.6 Å². The van der Waals surface area contributed by atoms with Crippen molar-refractivity contribution in [1.82, 2.24) is 4.57 Å². The van der Waals surface area contributed by atoms with E-state index >= 15 is 4.39 Å². The van der Waals surface area contributed by atoms with Crippen LogP contribution >= 0.6 is 7.82 Å². The molecule has 0 fully saturated rings. The molecule has 2 aromatic rings. The van der Waals surface area contributed by atoms with Crippen LogP contribution in [-0.4, -0.2) is 14.4 Å². The van der Waals surface area contributed by atoms with Crippen molar-refractivity contribution in [2.24, 2.45) is 0 Å². The van der Waals surface area contributed by atoms with Gasteiger partial charge in [-0.05, 0) is 17.0 Å². The number of rotatable bonds is 3. The number of hydrogen-bond donors (Lipinski definition) is 2. The summed E-state index contributed by atoms with van der Waals surface area (Å²) in [5.74, 6) is -0.384. The summed E-state index contributed by atoms with van der Waals surface area (Å²) in [5.41, 5.74) is 0.869. The van der Waals surface area contributed by atoms with Crippen molar-refractivity contribution >= 4 is 18.7 Å². The Hall–Kier alpha value is -1.20. The number of nitrogens with zero attached hydrogens (tertiary/aromatic N) is 1. The fraction of sp³-hybridized carbons (Fsp3) is 0.529. The third-order valence-corrected chi connectivity index (χ3v) is 4.38. The second-order valence-corrected chi connectivity index (χ2v) is 9.31. The van der Waals surface area contributed by atoms with Gasteiger partial charge in [0.25, 0.3) is 0 Å². The van der Waals surface area contributed by atoms with Crippen LogP contribution in [0.3, 0.4) is 0 Å². The van der Waals surface area contributed by atoms with Crippen molar-refractivity contribution in [3.8, 4) is 0 Å². The fourth-order valence-corrected chi connectivity index (χ4v) is 3.05. The average Bonchev–Trinajstić information content (AvgIpc) is 2.73. The first-order valence-corrected chi connectivity index (χ1v) is 9.27. The fourth-order valence-electron chi connectivity index (χ4n) is 2.78. The SMILES string of the molecule is CC(C)(C)c1ccc2cc(C(C)(C)C)n(COP(=O)(O)O)c2c1F. The van der Waals surface area contributed by atoms with Crippen LogP contribution in [0.25, 0.3) is 10.9 Å². The summed E-state index contributed by atoms with van der Waals surface area (Å²) in [6.07, 6.45) is 0. The van der Waals surface area contributed by atoms with E-state index in [1.807, 2.05) is 53.7 Å². The smallest absolute Gasteiger partial charge is 0.317 e. The summed E-state index contributed by atoms with van der Waals surface area (Å²) in [6.45, 7) is 11.2. The molecule has 134 valence electrons. The highest BCUT2D eigenvalue weighted by atomic mass is 31.2. The molecule has 1 aromatic carbocycles. The van der Waals surface area contributed by atoms with Crippen LogP contribution in [0.15, 0.2) is 18.2 Å². The quantitative estimate of drug-likeness (QED) is 0.797. The molecular weight excluding hydrogens is 332 g/mol. The minimum Gasteiger partial charge on any atom is -0.317 e. The molecule has 0 saturated carbocycles. The van der Waals surface area contributed by atoms with Gasteiger partial charge in [-0.1, -0.05) is 53.7 Å². The molecule has 0 bridgehead atoms. The number of phosphoric acid groups is 1. The highest BCUT2D eigenvalue weighted by Gasteiger charge is 2.27. The van der Waals surface area contributed by atoms with E-state index in [9.17, 15) is 4.57 Å². The maximum Gasteiger partial charge on any atom is 0.471 e. The Morgan fingerprint density at radius 3 is 2.17 bits per heavy atom. The van der Waals surface area contributed by atoms with Gasteiger partial charge < -0.3 is 14.4 Å². The molecule has 0 unspecified atom stereocenters. The van der Waals surface area contributed by atoms with E-state index in [1.165, 1.54) is 4.57 Å². The third-order valence-electron chi connectivity index (χ3n) is 3.93. The van der Waals surface area contributed by atoms with Crippen molar-refractivity contribution in [2.75, 3.05) is 0 Å². The van der Waals surface area contributed by atoms with Crippen LogP contribution in [0, 0.1) is 5.82 Å². The van der Waals surface area contributed by atoms with Gasteiger partial charge in [-0.2, -0.15) is 0 Å². The van der Waals surface area contributed by atoms with E-state index < -0.39 is 14.6 Å². The number of fused-ring (bicyclic) bond motifs is 1. The largest absolute Gasteiger partial charge is 0.471 e. The van der Waals surface area contributed by atoms with Gasteiger partial charge in [0.1, 0.15) is 6.73 Å². The summed E-state index contributed by atoms with van der Waals surface area (Å²) >= 11 is 0. The Labute approximate surface area is 141 Å². The second-order valence-electron chi connectivity index (χ2n) is 8.07. The summed E-state index contributed by atoms with van der Waals surface area (Å²) in [5, 5.41) is 0.680. The van der Waals surface area contributed by atoms with Crippen LogP contribution in [0.4, 0.5) is 4.39 Å². The minimum atomic E-state index is -4.66. The molecule has 1 heterocycles. The van der Waals surface area contributed by atoms with Gasteiger partial charge in [-0.3, -0.25) is 4.52 Å². The molecule has 5 nitrogen and oxygen atoms in total. The van der Waals surface area contributed by atoms with Crippen LogP contribution < -0.4 is 0 Å². The van der Waals surface area contributed by atoms with Gasteiger partial charge in [-0.25, -0.2) is 8.96 Å². The number of halogens is 1. The van der Waals surface area contributed by atoms with Crippen molar-refractivity contribution in [2.45, 2.75) is 59.1 Å². The van der Waals surface area contributed by atoms with Crippen molar-refractivity contribution in [1.29, 1.82) is 0 Å². The van der Waals surface area contributed by atoms with Gasteiger partial charge in [0.15, 0.2) is 5.82 Å². The van der Waals surface area contributed by atoms with Crippen molar-refractivity contribution in [3.05, 3.63) is 35.3 Å². The van der Waals surface area contributed by atoms with Crippen molar-refractivity contribution in [3.63, 3.8) is 0 Å². The molecular formula is C17H25FNO4P. The van der Waals surface area contributed by atoms with E-state index in [0.29, 0.717) is 16.5 Å². The Morgan fingerprint density at radius 1 is 1.12 bits per heavy atom. The van der Waals surface area contributed by atoms with Crippen LogP contribution in [0.2, 0.25) is 0 Å². The Bertz CT molecular complexity index is 809. The Kier molecular flexibility index (Phi) is 4.75. The monoisotopic (exact) mass is 357 g/mol. The van der Waals surface area contributed by atoms with E-state index in [0.717, 1.165) is 5.69 Å². The molecule has 0 spiro atoms. The van der Waals surface area contributed by atoms with Gasteiger partial charge >= 0.3 is 7.82 Å². The first-order valence-electron chi connectivity index (χ1n) is 7.74. The van der Waals surface area contributed by atoms with Crippen LogP contribution in [0.5, 0.6) is 0 Å². The molecule has 0 aliphatic carbocycles. The zero-order chi connectivity index (χ0) is 18.5. The lowest BCUT2D eigenvalue weighted by atomic mass is 9.86. The van der Waals surface area contributed by atoms with Crippen LogP contribution in [0.1, 0.15) is 52.8 Å². The Morgan fingerprint density at radius 2 is 1.71 bits per heavy atom. The predicted octanol–water partition coefficient (Wildman–Crippen LogP) is 4.44. The summed E-state index contributed by atoms with van der Waals surface area (Å²) < 4.78 is 32.5. The number of hydrogen-bond acceptors (Lipinski definition) is 2. The molecule has 0 atom stereocenters. The summed E-state index contributed by atoms with van der Waals surface area (Å²) in [4.78, 5) is 18.0. The van der Waals surface area contributed by atoms with Gasteiger partial charge in [0, 0.05) is 16.5 Å². The summed E-state index contributed by atoms with van der Waals surface area (Å²) in [6, 6.07) is 5.44. The first-order chi connectivity index (χ1) is 10.7. The maximum atomic E-state index is 15.2. The third kappa shape index (κ3) is 3.89. The van der Waals surface area contributed by atoms with Crippen LogP contribution in [-0.2, 0) is 26.6 Å². The van der Waals surface area contributed by atoms with Gasteiger partial charge in [0.2, 0.25) is 0 Å². The molecule has 0 aliphatic rings. The molecule has 2 rings (SSSR count). The highest BCUT2D eigenvalue weighted by molar-refractivity contribution is 7.46. The highest BCUT2D eigenvalue weighted by Crippen LogP contribution is 2.39. The maximum absolute atomic E-state index is 15.2. The number of aromatic nitrogens is 1. The average molecular weight is 357 g/mol. The molecule has 0 saturated heterocycles. The second kappa shape index (κ2) is 5.95. The van der Waals surface area contributed by atoms with E-state index in [4.69, 9.17) is 9.79 Å². The lowest BCUT2D eigenvalue weighted by molar-refractivity contribution is 0.152. The molecule has 0 amide bonds. The van der Waals surface area contributed by atoms with Gasteiger partial charge in [-0.15, -0.1) is 0 Å². The number of phosphoric ester groups is 1. The lowest BCUT2D eigenvalue weighted by Gasteiger charge is -2.23. The lowest BCUT2D eigenvalue weighted by Crippen LogP contribution is -2.19. The zero-order valence-electron chi connectivity index (χ0n) is 14.9. The molecule has 7 heteroatoms. The van der Waals surface area contributed by atoms with E-state index in [2.05, 4.69) is 4.52 Å². The molecule has 2 N–H and O–H groups in total. The van der Waals surface area contributed by atoms with Crippen molar-refractivity contribution < 1.29 is 23.3 Å². The zero-order valence-corrected chi connectivity index (χ0v) is 15.8. The predicted molar refractivity (Wildman–Crippen MR) is 92.4 cm³/mol. The number of benzene rings is 1. The molecule has 24 heavy (non-hydrogen) atoms. The standard InChI is InChI=1S/C17H25FNO4P/c1-16(2,3)12-8-7-11-9-13(17(4,5)6)19(15(11)14(12)18)10-23-24(20,21)22/h7-9H,10H2,1-6H3,(H2,20,21,22). The minimum absolute atomic E-state index is 0.306. The van der Waals surface area contributed by atoms with Gasteiger partial charge in [0.05, 0.1) is 5.52 Å². The molecule has 0 aliphatic heterocycles. The molecule has 0 radical (unpaired) electrons. The summed E-state index contributed by atoms with van der Waals surface area (Å²) in [7, 11) is -4.66. The first kappa shape index (κ1) is 19.1.